The Balaban J connectivity index is 1.50. The lowest BCUT2D eigenvalue weighted by Crippen LogP contribution is -2.51. The van der Waals surface area contributed by atoms with Crippen molar-refractivity contribution in [3.05, 3.63) is 34.4 Å². The Hall–Kier alpha value is -1.99. The lowest BCUT2D eigenvalue weighted by atomic mass is 10.1. The van der Waals surface area contributed by atoms with Crippen LogP contribution in [-0.2, 0) is 4.79 Å². The number of carbonyl (C=O) groups is 1. The quantitative estimate of drug-likeness (QED) is 0.670. The van der Waals surface area contributed by atoms with Gasteiger partial charge in [0.1, 0.15) is 0 Å². The number of nitrogens with zero attached hydrogens (tertiary/aromatic N) is 3. The van der Waals surface area contributed by atoms with Crippen LogP contribution in [0.15, 0.2) is 24.3 Å². The second-order valence-electron chi connectivity index (χ2n) is 5.92. The maximum absolute atomic E-state index is 12.1. The van der Waals surface area contributed by atoms with Crippen LogP contribution >= 0.6 is 0 Å². The summed E-state index contributed by atoms with van der Waals surface area (Å²) in [6, 6.07) is 6.51. The van der Waals surface area contributed by atoms with E-state index in [4.69, 9.17) is 0 Å². The van der Waals surface area contributed by atoms with Gasteiger partial charge in [-0.1, -0.05) is 0 Å². The third kappa shape index (κ3) is 3.42. The van der Waals surface area contributed by atoms with Crippen LogP contribution in [0.1, 0.15) is 12.8 Å². The number of amides is 1. The van der Waals surface area contributed by atoms with E-state index in [0.717, 1.165) is 19.6 Å². The molecule has 2 aliphatic heterocycles. The van der Waals surface area contributed by atoms with Crippen molar-refractivity contribution in [2.24, 2.45) is 0 Å². The molecule has 0 aromatic heterocycles. The highest BCUT2D eigenvalue weighted by atomic mass is 16.6. The van der Waals surface area contributed by atoms with Crippen molar-refractivity contribution in [2.75, 3.05) is 38.0 Å². The van der Waals surface area contributed by atoms with Crippen molar-refractivity contribution in [2.45, 2.75) is 18.9 Å². The van der Waals surface area contributed by atoms with E-state index >= 15 is 0 Å². The fourth-order valence-electron chi connectivity index (χ4n) is 3.27. The fraction of sp³-hybridized carbons (Fsp3) is 0.533. The van der Waals surface area contributed by atoms with Gasteiger partial charge in [-0.05, 0) is 31.5 Å². The number of benzene rings is 1. The summed E-state index contributed by atoms with van der Waals surface area (Å²) >= 11 is 0. The molecule has 1 atom stereocenters. The first kappa shape index (κ1) is 14.9. The predicted molar refractivity (Wildman–Crippen MR) is 82.8 cm³/mol. The first-order valence-corrected chi connectivity index (χ1v) is 7.62. The van der Waals surface area contributed by atoms with Gasteiger partial charge in [-0.3, -0.25) is 24.7 Å². The van der Waals surface area contributed by atoms with Gasteiger partial charge in [0.25, 0.3) is 5.69 Å². The summed E-state index contributed by atoms with van der Waals surface area (Å²) in [4.78, 5) is 26.9. The molecule has 0 bridgehead atoms. The molecule has 1 aromatic carbocycles. The van der Waals surface area contributed by atoms with Crippen LogP contribution in [0.25, 0.3) is 0 Å². The first-order chi connectivity index (χ1) is 10.6. The number of carbonyl (C=O) groups excluding carboxylic acids is 1. The number of hydrogen-bond acceptors (Lipinski definition) is 5. The highest BCUT2D eigenvalue weighted by Gasteiger charge is 2.30. The van der Waals surface area contributed by atoms with Gasteiger partial charge < -0.3 is 5.32 Å². The smallest absolute Gasteiger partial charge is 0.269 e. The van der Waals surface area contributed by atoms with Gasteiger partial charge in [-0.15, -0.1) is 0 Å². The Kier molecular flexibility index (Phi) is 4.35. The molecule has 2 fully saturated rings. The molecule has 0 saturated carbocycles. The highest BCUT2D eigenvalue weighted by Crippen LogP contribution is 2.21. The second kappa shape index (κ2) is 6.41. The predicted octanol–water partition coefficient (Wildman–Crippen LogP) is 1.31. The molecule has 1 amide bonds. The molecular weight excluding hydrogens is 284 g/mol. The Morgan fingerprint density at radius 3 is 2.77 bits per heavy atom. The number of anilines is 1. The summed E-state index contributed by atoms with van der Waals surface area (Å²) in [7, 11) is 0. The van der Waals surface area contributed by atoms with Gasteiger partial charge in [0, 0.05) is 43.5 Å². The average Bonchev–Trinajstić information content (AvgIpc) is 2.95. The zero-order valence-corrected chi connectivity index (χ0v) is 12.4. The average molecular weight is 304 g/mol. The molecule has 0 aliphatic carbocycles. The zero-order valence-electron chi connectivity index (χ0n) is 12.4. The van der Waals surface area contributed by atoms with Crippen LogP contribution in [0.4, 0.5) is 11.4 Å². The van der Waals surface area contributed by atoms with E-state index in [0.29, 0.717) is 18.3 Å². The van der Waals surface area contributed by atoms with Crippen LogP contribution in [0, 0.1) is 10.1 Å². The SMILES string of the molecule is O=C(CN1CCN2CCCC2C1)Nc1ccc([N+](=O)[O-])cc1. The zero-order chi connectivity index (χ0) is 15.5. The van der Waals surface area contributed by atoms with Crippen molar-refractivity contribution in [3.8, 4) is 0 Å². The normalized spacial score (nSPS) is 22.3. The van der Waals surface area contributed by atoms with Gasteiger partial charge in [0.2, 0.25) is 5.91 Å². The van der Waals surface area contributed by atoms with Gasteiger partial charge in [0.15, 0.2) is 0 Å². The van der Waals surface area contributed by atoms with Crippen LogP contribution in [0.2, 0.25) is 0 Å². The number of nitrogens with one attached hydrogen (secondary N) is 1. The van der Waals surface area contributed by atoms with Crippen LogP contribution in [0.5, 0.6) is 0 Å². The lowest BCUT2D eigenvalue weighted by Gasteiger charge is -2.37. The van der Waals surface area contributed by atoms with Gasteiger partial charge in [-0.25, -0.2) is 0 Å². The second-order valence-corrected chi connectivity index (χ2v) is 5.92. The minimum absolute atomic E-state index is 0.0235. The molecule has 7 heteroatoms. The van der Waals surface area contributed by atoms with E-state index in [-0.39, 0.29) is 11.6 Å². The summed E-state index contributed by atoms with van der Waals surface area (Å²) in [6.07, 6.45) is 2.48. The Bertz CT molecular complexity index is 560. The molecular formula is C15H20N4O3. The number of fused-ring (bicyclic) bond motifs is 1. The number of hydrogen-bond donors (Lipinski definition) is 1. The molecule has 118 valence electrons. The molecule has 2 aliphatic rings. The van der Waals surface area contributed by atoms with E-state index in [1.54, 1.807) is 12.1 Å². The number of non-ortho nitro benzene ring substituents is 1. The molecule has 7 nitrogen and oxygen atoms in total. The molecule has 2 saturated heterocycles. The van der Waals surface area contributed by atoms with Crippen LogP contribution < -0.4 is 5.32 Å². The monoisotopic (exact) mass is 304 g/mol. The van der Waals surface area contributed by atoms with E-state index in [2.05, 4.69) is 15.1 Å². The molecule has 1 unspecified atom stereocenters. The minimum atomic E-state index is -0.452. The largest absolute Gasteiger partial charge is 0.325 e. The molecule has 2 heterocycles. The Morgan fingerprint density at radius 2 is 2.05 bits per heavy atom. The first-order valence-electron chi connectivity index (χ1n) is 7.62. The summed E-state index contributed by atoms with van der Waals surface area (Å²) in [5.74, 6) is -0.0692. The molecule has 1 aromatic rings. The topological polar surface area (TPSA) is 78.7 Å². The maximum atomic E-state index is 12.1. The Morgan fingerprint density at radius 1 is 1.27 bits per heavy atom. The van der Waals surface area contributed by atoms with Crippen LogP contribution in [0.3, 0.4) is 0 Å². The summed E-state index contributed by atoms with van der Waals surface area (Å²) in [6.45, 7) is 4.47. The van der Waals surface area contributed by atoms with Crippen molar-refractivity contribution in [1.29, 1.82) is 0 Å². The third-order valence-electron chi connectivity index (χ3n) is 4.40. The van der Waals surface area contributed by atoms with Crippen LogP contribution in [-0.4, -0.2) is 59.4 Å². The minimum Gasteiger partial charge on any atom is -0.325 e. The van der Waals surface area contributed by atoms with E-state index in [9.17, 15) is 14.9 Å². The molecule has 3 rings (SSSR count). The number of nitro groups is 1. The van der Waals surface area contributed by atoms with E-state index in [1.807, 2.05) is 0 Å². The van der Waals surface area contributed by atoms with E-state index in [1.165, 1.54) is 31.5 Å². The summed E-state index contributed by atoms with van der Waals surface area (Å²) in [5, 5.41) is 13.4. The molecule has 0 spiro atoms. The van der Waals surface area contributed by atoms with Gasteiger partial charge in [-0.2, -0.15) is 0 Å². The molecule has 0 radical (unpaired) electrons. The summed E-state index contributed by atoms with van der Waals surface area (Å²) < 4.78 is 0. The standard InChI is InChI=1S/C15H20N4O3/c20-15(16-12-3-5-13(6-4-12)19(21)22)11-17-8-9-18-7-1-2-14(18)10-17/h3-6,14H,1-2,7-11H2,(H,16,20). The van der Waals surface area contributed by atoms with Crippen molar-refractivity contribution >= 4 is 17.3 Å². The lowest BCUT2D eigenvalue weighted by molar-refractivity contribution is -0.384. The number of piperazine rings is 1. The summed E-state index contributed by atoms with van der Waals surface area (Å²) in [5.41, 5.74) is 0.616. The third-order valence-corrected chi connectivity index (χ3v) is 4.40. The van der Waals surface area contributed by atoms with E-state index < -0.39 is 4.92 Å². The van der Waals surface area contributed by atoms with Crippen molar-refractivity contribution in [1.82, 2.24) is 9.80 Å². The highest BCUT2D eigenvalue weighted by molar-refractivity contribution is 5.92. The number of nitro benzene ring substituents is 1. The fourth-order valence-corrected chi connectivity index (χ4v) is 3.27. The molecule has 22 heavy (non-hydrogen) atoms. The van der Waals surface area contributed by atoms with Crippen molar-refractivity contribution in [3.63, 3.8) is 0 Å². The van der Waals surface area contributed by atoms with Crippen molar-refractivity contribution < 1.29 is 9.72 Å². The Labute approximate surface area is 129 Å². The van der Waals surface area contributed by atoms with Gasteiger partial charge in [0.05, 0.1) is 11.5 Å². The number of rotatable bonds is 4. The van der Waals surface area contributed by atoms with Gasteiger partial charge >= 0.3 is 0 Å². The maximum Gasteiger partial charge on any atom is 0.269 e. The molecule has 1 N–H and O–H groups in total.